The summed E-state index contributed by atoms with van der Waals surface area (Å²) in [5.41, 5.74) is 1.28. The molecular weight excluding hydrogens is 420 g/mol. The molecule has 0 aromatic heterocycles. The molecule has 3 fully saturated rings. The molecule has 0 heterocycles. The molecule has 4 rings (SSSR count). The first-order chi connectivity index (χ1) is 14.8. The minimum Gasteiger partial charge on any atom is -0.390 e. The van der Waals surface area contributed by atoms with Gasteiger partial charge in [-0.15, -0.1) is 0 Å². The summed E-state index contributed by atoms with van der Waals surface area (Å²) < 4.78 is 33.2. The predicted octanol–water partition coefficient (Wildman–Crippen LogP) is 6.40. The van der Waals surface area contributed by atoms with Gasteiger partial charge in [0.2, 0.25) is 0 Å². The molecule has 0 aromatic carbocycles. The van der Waals surface area contributed by atoms with Crippen molar-refractivity contribution in [3.63, 3.8) is 0 Å². The van der Waals surface area contributed by atoms with Gasteiger partial charge in [0.05, 0.1) is 10.9 Å². The first-order valence-corrected chi connectivity index (χ1v) is 14.6. The molecule has 0 radical (unpaired) electrons. The van der Waals surface area contributed by atoms with Gasteiger partial charge in [0.15, 0.2) is 0 Å². The van der Waals surface area contributed by atoms with Crippen LogP contribution in [0.25, 0.3) is 0 Å². The van der Waals surface area contributed by atoms with Crippen LogP contribution in [0.5, 0.6) is 0 Å². The molecule has 4 aliphatic carbocycles. The zero-order chi connectivity index (χ0) is 23.5. The van der Waals surface area contributed by atoms with Gasteiger partial charge in [-0.2, -0.15) is 8.42 Å². The fourth-order valence-corrected chi connectivity index (χ4v) is 9.72. The first-order valence-electron chi connectivity index (χ1n) is 13.1. The maximum atomic E-state index is 11.8. The zero-order valence-corrected chi connectivity index (χ0v) is 21.8. The van der Waals surface area contributed by atoms with E-state index in [1.165, 1.54) is 37.7 Å². The van der Waals surface area contributed by atoms with Crippen LogP contribution in [0.15, 0.2) is 11.6 Å². The molecule has 0 bridgehead atoms. The van der Waals surface area contributed by atoms with Crippen LogP contribution in [0, 0.1) is 40.4 Å². The van der Waals surface area contributed by atoms with Crippen molar-refractivity contribution >= 4 is 10.1 Å². The summed E-state index contributed by atoms with van der Waals surface area (Å²) in [5.74, 6) is 3.64. The third-order valence-electron chi connectivity index (χ3n) is 10.7. The highest BCUT2D eigenvalue weighted by Gasteiger charge is 2.59. The Hall–Kier alpha value is -0.390. The lowest BCUT2D eigenvalue weighted by atomic mass is 9.47. The van der Waals surface area contributed by atoms with Crippen molar-refractivity contribution in [3.05, 3.63) is 11.6 Å². The molecule has 0 aromatic rings. The van der Waals surface area contributed by atoms with E-state index in [-0.39, 0.29) is 5.41 Å². The van der Waals surface area contributed by atoms with E-state index in [2.05, 4.69) is 26.8 Å². The molecule has 8 atom stereocenters. The Morgan fingerprint density at radius 2 is 1.84 bits per heavy atom. The standard InChI is InChI=1S/C27H46O4S/c1-18(7-6-14-25(2,3)28)22-10-11-23-21-9-8-19-17-20(32(29,30)31)12-15-26(19,4)24(21)13-16-27(22,23)5/h8,18,20-24,28H,6-7,9-17H2,1-5H3,(H,29,30,31)/t18-,20+,21+,22-,23+,24+,26+,27-/m1/s1. The molecule has 0 amide bonds. The zero-order valence-electron chi connectivity index (χ0n) is 20.9. The molecule has 32 heavy (non-hydrogen) atoms. The number of aliphatic hydroxyl groups is 1. The summed E-state index contributed by atoms with van der Waals surface area (Å²) in [5, 5.41) is 9.49. The van der Waals surface area contributed by atoms with Crippen LogP contribution in [-0.2, 0) is 10.1 Å². The highest BCUT2D eigenvalue weighted by molar-refractivity contribution is 7.86. The van der Waals surface area contributed by atoms with Crippen molar-refractivity contribution in [1.82, 2.24) is 0 Å². The van der Waals surface area contributed by atoms with Crippen LogP contribution in [0.2, 0.25) is 0 Å². The van der Waals surface area contributed by atoms with E-state index in [4.69, 9.17) is 0 Å². The van der Waals surface area contributed by atoms with Crippen molar-refractivity contribution in [1.29, 1.82) is 0 Å². The number of fused-ring (bicyclic) bond motifs is 5. The smallest absolute Gasteiger partial charge is 0.268 e. The van der Waals surface area contributed by atoms with Gasteiger partial charge in [-0.1, -0.05) is 45.3 Å². The van der Waals surface area contributed by atoms with Crippen molar-refractivity contribution in [2.24, 2.45) is 40.4 Å². The third-order valence-corrected chi connectivity index (χ3v) is 11.9. The fraction of sp³-hybridized carbons (Fsp3) is 0.926. The van der Waals surface area contributed by atoms with E-state index in [0.717, 1.165) is 43.4 Å². The van der Waals surface area contributed by atoms with Crippen molar-refractivity contribution in [2.75, 3.05) is 0 Å². The van der Waals surface area contributed by atoms with E-state index in [9.17, 15) is 18.1 Å². The lowest BCUT2D eigenvalue weighted by Crippen LogP contribution is -2.51. The van der Waals surface area contributed by atoms with Gasteiger partial charge in [-0.25, -0.2) is 0 Å². The maximum Gasteiger partial charge on any atom is 0.268 e. The Labute approximate surface area is 196 Å². The van der Waals surface area contributed by atoms with E-state index >= 15 is 0 Å². The van der Waals surface area contributed by atoms with Crippen LogP contribution in [0.3, 0.4) is 0 Å². The third kappa shape index (κ3) is 4.35. The Bertz CT molecular complexity index is 840. The van der Waals surface area contributed by atoms with Crippen LogP contribution in [-0.4, -0.2) is 28.9 Å². The second-order valence-electron chi connectivity index (χ2n) is 13.0. The summed E-state index contributed by atoms with van der Waals surface area (Å²) >= 11 is 0. The van der Waals surface area contributed by atoms with Gasteiger partial charge in [0.25, 0.3) is 10.1 Å². The summed E-state index contributed by atoms with van der Waals surface area (Å²) in [6.07, 6.45) is 13.9. The maximum absolute atomic E-state index is 11.8. The molecule has 0 saturated heterocycles. The average Bonchev–Trinajstić information content (AvgIpc) is 3.02. The number of hydrogen-bond donors (Lipinski definition) is 2. The van der Waals surface area contributed by atoms with Crippen molar-refractivity contribution in [3.8, 4) is 0 Å². The minimum absolute atomic E-state index is 0.113. The minimum atomic E-state index is -3.95. The quantitative estimate of drug-likeness (QED) is 0.351. The lowest BCUT2D eigenvalue weighted by Gasteiger charge is -2.58. The molecule has 5 heteroatoms. The molecular formula is C27H46O4S. The molecule has 0 spiro atoms. The second kappa shape index (κ2) is 8.37. The van der Waals surface area contributed by atoms with Gasteiger partial charge in [-0.05, 0) is 112 Å². The van der Waals surface area contributed by atoms with E-state index < -0.39 is 21.0 Å². The molecule has 3 saturated carbocycles. The average molecular weight is 467 g/mol. The van der Waals surface area contributed by atoms with E-state index in [1.54, 1.807) is 0 Å². The van der Waals surface area contributed by atoms with Gasteiger partial charge in [-0.3, -0.25) is 4.55 Å². The lowest BCUT2D eigenvalue weighted by molar-refractivity contribution is -0.0502. The van der Waals surface area contributed by atoms with Crippen LogP contribution in [0.1, 0.15) is 105 Å². The van der Waals surface area contributed by atoms with Gasteiger partial charge in [0, 0.05) is 0 Å². The van der Waals surface area contributed by atoms with Gasteiger partial charge in [0.1, 0.15) is 0 Å². The first kappa shape index (κ1) is 24.7. The summed E-state index contributed by atoms with van der Waals surface area (Å²) in [6, 6.07) is 0. The number of hydrogen-bond acceptors (Lipinski definition) is 3. The van der Waals surface area contributed by atoms with E-state index in [1.807, 2.05) is 13.8 Å². The highest BCUT2D eigenvalue weighted by Crippen LogP contribution is 2.67. The normalized spacial score (nSPS) is 43.1. The number of rotatable bonds is 6. The second-order valence-corrected chi connectivity index (χ2v) is 14.7. The summed E-state index contributed by atoms with van der Waals surface area (Å²) in [6.45, 7) is 11.3. The van der Waals surface area contributed by atoms with Gasteiger partial charge < -0.3 is 5.11 Å². The highest BCUT2D eigenvalue weighted by atomic mass is 32.2. The fourth-order valence-electron chi connectivity index (χ4n) is 8.91. The van der Waals surface area contributed by atoms with E-state index in [0.29, 0.717) is 30.1 Å². The van der Waals surface area contributed by atoms with Crippen molar-refractivity contribution in [2.45, 2.75) is 116 Å². The van der Waals surface area contributed by atoms with Crippen LogP contribution < -0.4 is 0 Å². The number of allylic oxidation sites excluding steroid dienone is 2. The van der Waals surface area contributed by atoms with Crippen LogP contribution in [0.4, 0.5) is 0 Å². The monoisotopic (exact) mass is 466 g/mol. The molecule has 0 aliphatic heterocycles. The summed E-state index contributed by atoms with van der Waals surface area (Å²) in [7, 11) is -3.95. The molecule has 4 nitrogen and oxygen atoms in total. The van der Waals surface area contributed by atoms with Gasteiger partial charge >= 0.3 is 0 Å². The Morgan fingerprint density at radius 1 is 1.12 bits per heavy atom. The summed E-state index contributed by atoms with van der Waals surface area (Å²) in [4.78, 5) is 0. The SMILES string of the molecule is C[C@H](CCCC(C)(C)O)[C@H]1CC[C@H]2[C@@H]3CC=C4C[C@@H](S(=O)(=O)O)CC[C@]4(C)[C@H]3CC[C@]12C. The Balaban J connectivity index is 1.48. The van der Waals surface area contributed by atoms with Crippen molar-refractivity contribution < 1.29 is 18.1 Å². The molecule has 184 valence electrons. The largest absolute Gasteiger partial charge is 0.390 e. The van der Waals surface area contributed by atoms with Crippen LogP contribution >= 0.6 is 0 Å². The topological polar surface area (TPSA) is 74.6 Å². The Morgan fingerprint density at radius 3 is 2.50 bits per heavy atom. The molecule has 0 unspecified atom stereocenters. The molecule has 4 aliphatic rings. The predicted molar refractivity (Wildman–Crippen MR) is 130 cm³/mol. The molecule has 2 N–H and O–H groups in total. The Kier molecular flexibility index (Phi) is 6.47.